The van der Waals surface area contributed by atoms with Crippen LogP contribution in [0.3, 0.4) is 0 Å². The molecular formula is C22H24N4O4S2. The van der Waals surface area contributed by atoms with Crippen LogP contribution in [0.2, 0.25) is 0 Å². The number of amides is 2. The van der Waals surface area contributed by atoms with Gasteiger partial charge in [-0.05, 0) is 61.9 Å². The number of rotatable bonds is 4. The van der Waals surface area contributed by atoms with E-state index in [1.807, 2.05) is 37.8 Å². The first kappa shape index (κ1) is 22.3. The number of thioether (sulfide) groups is 1. The minimum atomic E-state index is -3.44. The number of hydrogen-bond donors (Lipinski definition) is 1. The number of nitrogens with one attached hydrogen (secondary N) is 1. The summed E-state index contributed by atoms with van der Waals surface area (Å²) in [5.74, 6) is -0.599. The SMILES string of the molecule is Cc1cc(C)c(NC(=O)CN(C)C(=O)c2ccc3c(c2)SC2=NS(=O)(=O)CCN23)c(C)c1. The van der Waals surface area contributed by atoms with Crippen LogP contribution < -0.4 is 10.2 Å². The molecule has 32 heavy (non-hydrogen) atoms. The van der Waals surface area contributed by atoms with E-state index in [1.165, 1.54) is 16.7 Å². The van der Waals surface area contributed by atoms with Crippen LogP contribution in [0.4, 0.5) is 11.4 Å². The van der Waals surface area contributed by atoms with Gasteiger partial charge in [-0.1, -0.05) is 17.7 Å². The van der Waals surface area contributed by atoms with Crippen molar-refractivity contribution < 1.29 is 18.0 Å². The lowest BCUT2D eigenvalue weighted by atomic mass is 10.1. The van der Waals surface area contributed by atoms with E-state index in [2.05, 4.69) is 9.71 Å². The predicted octanol–water partition coefficient (Wildman–Crippen LogP) is 2.93. The Kier molecular flexibility index (Phi) is 5.76. The summed E-state index contributed by atoms with van der Waals surface area (Å²) in [6.45, 7) is 6.13. The van der Waals surface area contributed by atoms with Crippen LogP contribution in [0, 0.1) is 20.8 Å². The zero-order valence-corrected chi connectivity index (χ0v) is 19.9. The summed E-state index contributed by atoms with van der Waals surface area (Å²) in [5.41, 5.74) is 5.11. The average molecular weight is 473 g/mol. The lowest BCUT2D eigenvalue weighted by molar-refractivity contribution is -0.116. The first-order valence-electron chi connectivity index (χ1n) is 10.1. The van der Waals surface area contributed by atoms with Gasteiger partial charge < -0.3 is 15.1 Å². The van der Waals surface area contributed by atoms with Crippen LogP contribution in [0.15, 0.2) is 39.6 Å². The average Bonchev–Trinajstić information content (AvgIpc) is 3.05. The Bertz CT molecular complexity index is 1250. The molecule has 0 atom stereocenters. The maximum Gasteiger partial charge on any atom is 0.257 e. The Balaban J connectivity index is 1.46. The van der Waals surface area contributed by atoms with E-state index in [4.69, 9.17) is 0 Å². The number of hydrogen-bond acceptors (Lipinski definition) is 6. The van der Waals surface area contributed by atoms with Gasteiger partial charge in [0.05, 0.1) is 18.0 Å². The zero-order chi connectivity index (χ0) is 23.2. The Labute approximate surface area is 191 Å². The highest BCUT2D eigenvalue weighted by molar-refractivity contribution is 8.15. The highest BCUT2D eigenvalue weighted by Crippen LogP contribution is 2.42. The molecule has 0 saturated carbocycles. The van der Waals surface area contributed by atoms with Gasteiger partial charge in [0.25, 0.3) is 15.9 Å². The molecule has 2 aliphatic rings. The smallest absolute Gasteiger partial charge is 0.257 e. The first-order chi connectivity index (χ1) is 15.0. The lowest BCUT2D eigenvalue weighted by Crippen LogP contribution is -2.35. The number of anilines is 2. The van der Waals surface area contributed by atoms with Crippen molar-refractivity contribution in [3.05, 3.63) is 52.6 Å². The molecule has 0 fully saturated rings. The van der Waals surface area contributed by atoms with Crippen molar-refractivity contribution in [1.29, 1.82) is 0 Å². The number of sulfonamides is 1. The second-order valence-electron chi connectivity index (χ2n) is 8.08. The van der Waals surface area contributed by atoms with Crippen LogP contribution >= 0.6 is 11.8 Å². The minimum Gasteiger partial charge on any atom is -0.332 e. The second kappa shape index (κ2) is 8.25. The van der Waals surface area contributed by atoms with Crippen molar-refractivity contribution in [3.63, 3.8) is 0 Å². The molecule has 0 radical (unpaired) electrons. The third-order valence-electron chi connectivity index (χ3n) is 5.39. The van der Waals surface area contributed by atoms with E-state index in [0.29, 0.717) is 17.3 Å². The van der Waals surface area contributed by atoms with Crippen LogP contribution in [0.25, 0.3) is 0 Å². The number of likely N-dealkylation sites (N-methyl/N-ethyl adjacent to an activating group) is 1. The minimum absolute atomic E-state index is 0.0328. The standard InChI is InChI=1S/C22H24N4O4S2/c1-13-9-14(2)20(15(3)10-13)23-19(27)12-25(4)21(28)16-5-6-17-18(11-16)31-22-24-32(29,30)8-7-26(17)22/h5-6,9-11H,7-8,12H2,1-4H3,(H,23,27). The summed E-state index contributed by atoms with van der Waals surface area (Å²) in [4.78, 5) is 29.5. The zero-order valence-electron chi connectivity index (χ0n) is 18.3. The summed E-state index contributed by atoms with van der Waals surface area (Å²) in [7, 11) is -1.86. The monoisotopic (exact) mass is 472 g/mol. The fourth-order valence-corrected chi connectivity index (χ4v) is 6.22. The molecular weight excluding hydrogens is 448 g/mol. The number of aryl methyl sites for hydroxylation is 3. The molecule has 0 bridgehead atoms. The summed E-state index contributed by atoms with van der Waals surface area (Å²) in [5, 5.41) is 3.32. The van der Waals surface area contributed by atoms with Gasteiger partial charge in [0, 0.05) is 29.7 Å². The van der Waals surface area contributed by atoms with Gasteiger partial charge >= 0.3 is 0 Å². The predicted molar refractivity (Wildman–Crippen MR) is 127 cm³/mol. The van der Waals surface area contributed by atoms with E-state index in [-0.39, 0.29) is 24.1 Å². The third-order valence-corrected chi connectivity index (χ3v) is 7.69. The van der Waals surface area contributed by atoms with Gasteiger partial charge in [-0.15, -0.1) is 4.40 Å². The molecule has 0 aliphatic carbocycles. The van der Waals surface area contributed by atoms with Gasteiger partial charge in [0.2, 0.25) is 5.91 Å². The number of amidine groups is 1. The Morgan fingerprint density at radius 2 is 1.84 bits per heavy atom. The Morgan fingerprint density at radius 3 is 2.53 bits per heavy atom. The second-order valence-corrected chi connectivity index (χ2v) is 10.8. The van der Waals surface area contributed by atoms with Gasteiger partial charge in [0.15, 0.2) is 5.17 Å². The van der Waals surface area contributed by atoms with Gasteiger partial charge in [-0.25, -0.2) is 8.42 Å². The lowest BCUT2D eigenvalue weighted by Gasteiger charge is -2.22. The highest BCUT2D eigenvalue weighted by Gasteiger charge is 2.33. The number of carbonyl (C=O) groups excluding carboxylic acids is 2. The molecule has 2 amide bonds. The van der Waals surface area contributed by atoms with E-state index in [0.717, 1.165) is 33.0 Å². The fraction of sp³-hybridized carbons (Fsp3) is 0.318. The summed E-state index contributed by atoms with van der Waals surface area (Å²) in [6.07, 6.45) is 0. The Morgan fingerprint density at radius 1 is 1.16 bits per heavy atom. The quantitative estimate of drug-likeness (QED) is 0.735. The fourth-order valence-electron chi connectivity index (χ4n) is 3.93. The molecule has 2 heterocycles. The van der Waals surface area contributed by atoms with Crippen molar-refractivity contribution in [2.24, 2.45) is 4.40 Å². The van der Waals surface area contributed by atoms with Gasteiger partial charge in [-0.3, -0.25) is 9.59 Å². The van der Waals surface area contributed by atoms with Crippen molar-refractivity contribution >= 4 is 50.1 Å². The number of fused-ring (bicyclic) bond motifs is 3. The van der Waals surface area contributed by atoms with Gasteiger partial charge in [0.1, 0.15) is 0 Å². The van der Waals surface area contributed by atoms with Crippen molar-refractivity contribution in [2.45, 2.75) is 25.7 Å². The normalized spacial score (nSPS) is 16.1. The van der Waals surface area contributed by atoms with Crippen LogP contribution in [-0.2, 0) is 14.8 Å². The number of benzene rings is 2. The summed E-state index contributed by atoms with van der Waals surface area (Å²) < 4.78 is 27.4. The summed E-state index contributed by atoms with van der Waals surface area (Å²) in [6, 6.07) is 9.21. The molecule has 2 aliphatic heterocycles. The van der Waals surface area contributed by atoms with E-state index >= 15 is 0 Å². The highest BCUT2D eigenvalue weighted by atomic mass is 32.2. The van der Waals surface area contributed by atoms with E-state index in [9.17, 15) is 18.0 Å². The topological polar surface area (TPSA) is 99.1 Å². The van der Waals surface area contributed by atoms with Crippen molar-refractivity contribution in [3.8, 4) is 0 Å². The first-order valence-corrected chi connectivity index (χ1v) is 12.5. The Hall–Kier alpha value is -2.85. The van der Waals surface area contributed by atoms with Crippen LogP contribution in [-0.4, -0.2) is 56.2 Å². The maximum absolute atomic E-state index is 12.9. The number of carbonyl (C=O) groups is 2. The molecule has 0 aromatic heterocycles. The van der Waals surface area contributed by atoms with E-state index < -0.39 is 10.0 Å². The van der Waals surface area contributed by atoms with E-state index in [1.54, 1.807) is 25.2 Å². The van der Waals surface area contributed by atoms with Crippen molar-refractivity contribution in [1.82, 2.24) is 4.90 Å². The van der Waals surface area contributed by atoms with Crippen molar-refractivity contribution in [2.75, 3.05) is 36.1 Å². The third kappa shape index (κ3) is 4.37. The maximum atomic E-state index is 12.9. The molecule has 8 nitrogen and oxygen atoms in total. The largest absolute Gasteiger partial charge is 0.332 e. The molecule has 0 unspecified atom stereocenters. The van der Waals surface area contributed by atoms with Gasteiger partial charge in [-0.2, -0.15) is 0 Å². The number of nitrogens with zero attached hydrogens (tertiary/aromatic N) is 3. The molecule has 2 aromatic carbocycles. The van der Waals surface area contributed by atoms with Crippen LogP contribution in [0.1, 0.15) is 27.0 Å². The molecule has 10 heteroatoms. The molecule has 1 N–H and O–H groups in total. The molecule has 4 rings (SSSR count). The molecule has 2 aromatic rings. The molecule has 168 valence electrons. The molecule has 0 spiro atoms. The molecule has 0 saturated heterocycles. The van der Waals surface area contributed by atoms with Crippen LogP contribution in [0.5, 0.6) is 0 Å². The summed E-state index contributed by atoms with van der Waals surface area (Å²) >= 11 is 1.23.